The monoisotopic (exact) mass is 346 g/mol. The van der Waals surface area contributed by atoms with E-state index in [9.17, 15) is 9.90 Å². The highest BCUT2D eigenvalue weighted by Gasteiger charge is 2.29. The molecule has 1 N–H and O–H groups in total. The van der Waals surface area contributed by atoms with Crippen LogP contribution in [0.25, 0.3) is 0 Å². The number of likely N-dealkylation sites (tertiary alicyclic amines) is 1. The maximum atomic E-state index is 12.3. The lowest BCUT2D eigenvalue weighted by molar-refractivity contribution is 0.0465. The number of piperidine rings is 1. The Hall–Kier alpha value is -1.92. The van der Waals surface area contributed by atoms with Gasteiger partial charge in [-0.2, -0.15) is 0 Å². The smallest absolute Gasteiger partial charge is 0.265 e. The summed E-state index contributed by atoms with van der Waals surface area (Å²) in [5.41, 5.74) is 0.908. The van der Waals surface area contributed by atoms with Gasteiger partial charge in [0.15, 0.2) is 0 Å². The van der Waals surface area contributed by atoms with E-state index >= 15 is 0 Å². The zero-order valence-electron chi connectivity index (χ0n) is 13.7. The predicted octanol–water partition coefficient (Wildman–Crippen LogP) is 3.13. The van der Waals surface area contributed by atoms with Crippen LogP contribution < -0.4 is 4.74 Å². The highest BCUT2D eigenvalue weighted by molar-refractivity contribution is 7.08. The Morgan fingerprint density at radius 2 is 2.04 bits per heavy atom. The Labute approximate surface area is 146 Å². The van der Waals surface area contributed by atoms with Gasteiger partial charge in [-0.1, -0.05) is 12.1 Å². The summed E-state index contributed by atoms with van der Waals surface area (Å²) in [6.45, 7) is 3.93. The summed E-state index contributed by atoms with van der Waals surface area (Å²) in [5, 5.41) is 10.6. The zero-order valence-corrected chi connectivity index (χ0v) is 14.5. The first kappa shape index (κ1) is 16.9. The minimum absolute atomic E-state index is 0.0477. The maximum Gasteiger partial charge on any atom is 0.265 e. The fourth-order valence-electron chi connectivity index (χ4n) is 3.10. The third-order valence-corrected chi connectivity index (χ3v) is 5.19. The van der Waals surface area contributed by atoms with Crippen LogP contribution in [0.15, 0.2) is 36.5 Å². The van der Waals surface area contributed by atoms with Gasteiger partial charge in [0.1, 0.15) is 10.6 Å². The lowest BCUT2D eigenvalue weighted by Gasteiger charge is -2.34. The van der Waals surface area contributed by atoms with Crippen LogP contribution in [0.4, 0.5) is 0 Å². The second kappa shape index (κ2) is 7.77. The molecule has 1 amide bonds. The van der Waals surface area contributed by atoms with Crippen LogP contribution in [-0.2, 0) is 0 Å². The average molecular weight is 346 g/mol. The molecule has 6 heteroatoms. The summed E-state index contributed by atoms with van der Waals surface area (Å²) in [5.74, 6) is 1.04. The minimum atomic E-state index is -0.499. The van der Waals surface area contributed by atoms with Crippen molar-refractivity contribution in [2.24, 2.45) is 5.92 Å². The van der Waals surface area contributed by atoms with E-state index in [0.717, 1.165) is 24.2 Å². The number of benzene rings is 1. The van der Waals surface area contributed by atoms with Crippen molar-refractivity contribution >= 4 is 17.4 Å². The zero-order chi connectivity index (χ0) is 16.9. The third kappa shape index (κ3) is 3.76. The average Bonchev–Trinajstić information content (AvgIpc) is 3.16. The van der Waals surface area contributed by atoms with Gasteiger partial charge in [0.25, 0.3) is 5.91 Å². The molecule has 24 heavy (non-hydrogen) atoms. The van der Waals surface area contributed by atoms with Crippen molar-refractivity contribution in [3.8, 4) is 5.75 Å². The van der Waals surface area contributed by atoms with E-state index in [1.165, 1.54) is 11.5 Å². The van der Waals surface area contributed by atoms with Crippen LogP contribution in [0.1, 0.15) is 41.1 Å². The van der Waals surface area contributed by atoms with Crippen molar-refractivity contribution in [3.05, 3.63) is 47.0 Å². The van der Waals surface area contributed by atoms with Crippen molar-refractivity contribution in [3.63, 3.8) is 0 Å². The SMILES string of the molecule is CCOc1ccc(C(O)C2CCN(C(=O)c3ccns3)CC2)cc1. The number of aliphatic hydroxyl groups is 1. The summed E-state index contributed by atoms with van der Waals surface area (Å²) < 4.78 is 9.42. The number of amides is 1. The quantitative estimate of drug-likeness (QED) is 0.903. The molecule has 1 aliphatic heterocycles. The van der Waals surface area contributed by atoms with E-state index in [2.05, 4.69) is 4.37 Å². The van der Waals surface area contributed by atoms with Gasteiger partial charge in [-0.15, -0.1) is 0 Å². The van der Waals surface area contributed by atoms with Gasteiger partial charge in [-0.05, 0) is 61.0 Å². The van der Waals surface area contributed by atoms with Gasteiger partial charge in [-0.3, -0.25) is 4.79 Å². The summed E-state index contributed by atoms with van der Waals surface area (Å²) in [7, 11) is 0. The topological polar surface area (TPSA) is 62.7 Å². The molecule has 1 aromatic heterocycles. The van der Waals surface area contributed by atoms with E-state index in [4.69, 9.17) is 4.74 Å². The highest BCUT2D eigenvalue weighted by Crippen LogP contribution is 2.32. The molecule has 1 atom stereocenters. The number of hydrogen-bond acceptors (Lipinski definition) is 5. The molecule has 1 aliphatic rings. The van der Waals surface area contributed by atoms with Gasteiger partial charge in [0.2, 0.25) is 0 Å². The molecule has 0 radical (unpaired) electrons. The van der Waals surface area contributed by atoms with Gasteiger partial charge in [0.05, 0.1) is 12.7 Å². The minimum Gasteiger partial charge on any atom is -0.494 e. The number of nitrogens with zero attached hydrogens (tertiary/aromatic N) is 2. The molecule has 1 saturated heterocycles. The number of ether oxygens (including phenoxy) is 1. The van der Waals surface area contributed by atoms with Crippen LogP contribution in [0.2, 0.25) is 0 Å². The number of aromatic nitrogens is 1. The van der Waals surface area contributed by atoms with Crippen molar-refractivity contribution in [1.29, 1.82) is 0 Å². The number of carbonyl (C=O) groups excluding carboxylic acids is 1. The lowest BCUT2D eigenvalue weighted by Crippen LogP contribution is -2.39. The van der Waals surface area contributed by atoms with Crippen LogP contribution in [0, 0.1) is 5.92 Å². The Morgan fingerprint density at radius 1 is 1.33 bits per heavy atom. The fourth-order valence-corrected chi connectivity index (χ4v) is 3.66. The van der Waals surface area contributed by atoms with Gasteiger partial charge in [-0.25, -0.2) is 4.37 Å². The predicted molar refractivity (Wildman–Crippen MR) is 93.3 cm³/mol. The number of carbonyl (C=O) groups is 1. The third-order valence-electron chi connectivity index (χ3n) is 4.45. The molecule has 1 aromatic carbocycles. The first-order valence-electron chi connectivity index (χ1n) is 8.30. The second-order valence-electron chi connectivity index (χ2n) is 5.95. The normalized spacial score (nSPS) is 16.8. The van der Waals surface area contributed by atoms with Crippen molar-refractivity contribution in [2.45, 2.75) is 25.9 Å². The first-order chi connectivity index (χ1) is 11.7. The van der Waals surface area contributed by atoms with Crippen LogP contribution in [0.3, 0.4) is 0 Å². The van der Waals surface area contributed by atoms with Gasteiger partial charge < -0.3 is 14.7 Å². The molecule has 0 spiro atoms. The highest BCUT2D eigenvalue weighted by atomic mass is 32.1. The van der Waals surface area contributed by atoms with Crippen LogP contribution >= 0.6 is 11.5 Å². The molecule has 1 fully saturated rings. The molecule has 1 unspecified atom stereocenters. The van der Waals surface area contributed by atoms with Crippen molar-refractivity contribution in [1.82, 2.24) is 9.27 Å². The fraction of sp³-hybridized carbons (Fsp3) is 0.444. The molecule has 2 aromatic rings. The van der Waals surface area contributed by atoms with Crippen LogP contribution in [0.5, 0.6) is 5.75 Å². The van der Waals surface area contributed by atoms with Gasteiger partial charge in [0, 0.05) is 19.3 Å². The second-order valence-corrected chi connectivity index (χ2v) is 6.79. The number of hydrogen-bond donors (Lipinski definition) is 1. The summed E-state index contributed by atoms with van der Waals surface area (Å²) in [6, 6.07) is 9.39. The lowest BCUT2D eigenvalue weighted by atomic mass is 9.87. The molecule has 128 valence electrons. The number of rotatable bonds is 5. The summed E-state index contributed by atoms with van der Waals surface area (Å²) in [6.07, 6.45) is 2.76. The van der Waals surface area contributed by atoms with Crippen LogP contribution in [-0.4, -0.2) is 40.0 Å². The standard InChI is InChI=1S/C18H22N2O3S/c1-2-23-15-5-3-13(4-6-15)17(21)14-8-11-20(12-9-14)18(22)16-7-10-19-24-16/h3-7,10,14,17,21H,2,8-9,11-12H2,1H3. The largest absolute Gasteiger partial charge is 0.494 e. The van der Waals surface area contributed by atoms with E-state index in [0.29, 0.717) is 24.6 Å². The Balaban J connectivity index is 1.56. The Kier molecular flexibility index (Phi) is 5.48. The van der Waals surface area contributed by atoms with E-state index in [1.807, 2.05) is 36.1 Å². The van der Waals surface area contributed by atoms with Crippen molar-refractivity contribution < 1.29 is 14.6 Å². The van der Waals surface area contributed by atoms with Crippen molar-refractivity contribution in [2.75, 3.05) is 19.7 Å². The summed E-state index contributed by atoms with van der Waals surface area (Å²) >= 11 is 1.23. The molecular formula is C18H22N2O3S. The maximum absolute atomic E-state index is 12.3. The Bertz CT molecular complexity index is 649. The molecule has 2 heterocycles. The molecule has 5 nitrogen and oxygen atoms in total. The van der Waals surface area contributed by atoms with E-state index < -0.39 is 6.10 Å². The molecular weight excluding hydrogens is 324 g/mol. The number of aliphatic hydroxyl groups excluding tert-OH is 1. The Morgan fingerprint density at radius 3 is 2.62 bits per heavy atom. The molecule has 3 rings (SSSR count). The summed E-state index contributed by atoms with van der Waals surface area (Å²) in [4.78, 5) is 14.9. The van der Waals surface area contributed by atoms with E-state index in [-0.39, 0.29) is 11.8 Å². The first-order valence-corrected chi connectivity index (χ1v) is 9.07. The van der Waals surface area contributed by atoms with Gasteiger partial charge >= 0.3 is 0 Å². The molecule has 0 saturated carbocycles. The molecule has 0 aliphatic carbocycles. The molecule has 0 bridgehead atoms. The van der Waals surface area contributed by atoms with E-state index in [1.54, 1.807) is 12.3 Å².